The summed E-state index contributed by atoms with van der Waals surface area (Å²) in [5.41, 5.74) is 6.63. The summed E-state index contributed by atoms with van der Waals surface area (Å²) in [7, 11) is 0. The van der Waals surface area contributed by atoms with Gasteiger partial charge in [0.2, 0.25) is 17.7 Å². The highest BCUT2D eigenvalue weighted by atomic mass is 16.2. The zero-order chi connectivity index (χ0) is 43.5. The van der Waals surface area contributed by atoms with E-state index < -0.39 is 23.8 Å². The number of aromatic nitrogens is 4. The molecule has 1 unspecified atom stereocenters. The number of carbonyl (C=O) groups is 5. The van der Waals surface area contributed by atoms with Crippen molar-refractivity contribution < 1.29 is 24.0 Å². The molecule has 1 spiro atoms. The fraction of sp³-hybridized carbons (Fsp3) is 0.417. The number of imidazole rings is 1. The van der Waals surface area contributed by atoms with E-state index in [9.17, 15) is 24.0 Å². The quantitative estimate of drug-likeness (QED) is 0.167. The monoisotopic (exact) mass is 861 g/mol. The van der Waals surface area contributed by atoms with Crippen molar-refractivity contribution in [2.75, 3.05) is 54.4 Å². The minimum absolute atomic E-state index is 0.0482. The van der Waals surface area contributed by atoms with Gasteiger partial charge in [0.1, 0.15) is 12.4 Å². The highest BCUT2D eigenvalue weighted by molar-refractivity contribution is 6.23. The first-order valence-corrected chi connectivity index (χ1v) is 22.6. The third-order valence-corrected chi connectivity index (χ3v) is 14.7. The topological polar surface area (TPSA) is 178 Å². The number of hydrogen-bond donors (Lipinski definition) is 3. The van der Waals surface area contributed by atoms with Crippen LogP contribution >= 0.6 is 0 Å². The molecule has 0 bridgehead atoms. The van der Waals surface area contributed by atoms with Crippen LogP contribution in [-0.2, 0) is 20.8 Å². The molecule has 3 N–H and O–H groups in total. The molecule has 2 aromatic heterocycles. The Bertz CT molecular complexity index is 2640. The number of nitrogens with one attached hydrogen (secondary N) is 3. The van der Waals surface area contributed by atoms with Crippen molar-refractivity contribution in [3.8, 4) is 0 Å². The Morgan fingerprint density at radius 1 is 0.766 bits per heavy atom. The van der Waals surface area contributed by atoms with E-state index in [-0.39, 0.29) is 36.7 Å². The average Bonchev–Trinajstić information content (AvgIpc) is 3.82. The molecule has 328 valence electrons. The smallest absolute Gasteiger partial charge is 0.262 e. The third-order valence-electron chi connectivity index (χ3n) is 14.7. The highest BCUT2D eigenvalue weighted by Crippen LogP contribution is 2.51. The first kappa shape index (κ1) is 40.1. The maximum atomic E-state index is 13.4. The Kier molecular flexibility index (Phi) is 10.1. The first-order valence-electron chi connectivity index (χ1n) is 22.6. The molecule has 16 heteroatoms. The Hall–Kier alpha value is -6.68. The van der Waals surface area contributed by atoms with Crippen LogP contribution in [0.2, 0.25) is 0 Å². The summed E-state index contributed by atoms with van der Waals surface area (Å²) < 4.78 is 2.11. The van der Waals surface area contributed by atoms with Gasteiger partial charge < -0.3 is 25.0 Å². The van der Waals surface area contributed by atoms with Crippen molar-refractivity contribution in [3.05, 3.63) is 102 Å². The van der Waals surface area contributed by atoms with Gasteiger partial charge in [-0.3, -0.25) is 39.1 Å². The van der Waals surface area contributed by atoms with Gasteiger partial charge in [0.05, 0.1) is 23.9 Å². The summed E-state index contributed by atoms with van der Waals surface area (Å²) >= 11 is 0. The maximum Gasteiger partial charge on any atom is 0.262 e. The summed E-state index contributed by atoms with van der Waals surface area (Å²) in [6.45, 7) is 5.64. The van der Waals surface area contributed by atoms with Crippen LogP contribution in [0.1, 0.15) is 83.7 Å². The van der Waals surface area contributed by atoms with Crippen molar-refractivity contribution in [2.24, 2.45) is 5.41 Å². The number of hydrogen-bond acceptors (Lipinski definition) is 12. The number of anilines is 4. The van der Waals surface area contributed by atoms with E-state index in [1.807, 2.05) is 42.7 Å². The second-order valence-electron chi connectivity index (χ2n) is 18.5. The lowest BCUT2D eigenvalue weighted by atomic mass is 9.60. The van der Waals surface area contributed by atoms with E-state index in [0.29, 0.717) is 34.8 Å². The van der Waals surface area contributed by atoms with Crippen LogP contribution < -0.4 is 25.8 Å². The lowest BCUT2D eigenvalue weighted by molar-refractivity contribution is -0.136. The summed E-state index contributed by atoms with van der Waals surface area (Å²) in [6, 6.07) is 23.8. The van der Waals surface area contributed by atoms with Gasteiger partial charge in [-0.05, 0) is 98.4 Å². The third kappa shape index (κ3) is 7.42. The molecule has 3 saturated heterocycles. The van der Waals surface area contributed by atoms with Crippen LogP contribution in [0.15, 0.2) is 85.5 Å². The SMILES string of the molecule is O=C1CCC(N2C(=O)c3ccc(N4CCN(C5CC6(CCN(c7ccc(Nc8ncnc9c8ncn9C8CC(NC(=O)Cc9ccccc9)C8)cc7)CC6)C5)CC4)cc3C2=O)C(=O)N1. The molecule has 3 aromatic carbocycles. The number of benzene rings is 3. The Balaban J connectivity index is 0.634. The molecule has 16 nitrogen and oxygen atoms in total. The van der Waals surface area contributed by atoms with Crippen LogP contribution in [-0.4, -0.2) is 116 Å². The van der Waals surface area contributed by atoms with Crippen molar-refractivity contribution in [2.45, 2.75) is 82.0 Å². The zero-order valence-electron chi connectivity index (χ0n) is 35.6. The first-order chi connectivity index (χ1) is 31.2. The Morgan fingerprint density at radius 3 is 2.23 bits per heavy atom. The molecule has 5 amide bonds. The van der Waals surface area contributed by atoms with Crippen LogP contribution in [0.5, 0.6) is 0 Å². The van der Waals surface area contributed by atoms with Gasteiger partial charge >= 0.3 is 0 Å². The molecule has 2 aliphatic carbocycles. The van der Waals surface area contributed by atoms with Crippen LogP contribution in [0.4, 0.5) is 22.9 Å². The van der Waals surface area contributed by atoms with Crippen molar-refractivity contribution in [1.29, 1.82) is 0 Å². The lowest BCUT2D eigenvalue weighted by Gasteiger charge is -2.56. The van der Waals surface area contributed by atoms with Crippen molar-refractivity contribution in [1.82, 2.24) is 40.0 Å². The average molecular weight is 862 g/mol. The summed E-state index contributed by atoms with van der Waals surface area (Å²) in [4.78, 5) is 85.5. The number of piperidine rings is 2. The van der Waals surface area contributed by atoms with Crippen molar-refractivity contribution >= 4 is 63.6 Å². The van der Waals surface area contributed by atoms with Gasteiger partial charge in [-0.15, -0.1) is 0 Å². The number of imide groups is 2. The number of nitrogens with zero attached hydrogens (tertiary/aromatic N) is 8. The summed E-state index contributed by atoms with van der Waals surface area (Å²) in [6.07, 6.45) is 10.5. The summed E-state index contributed by atoms with van der Waals surface area (Å²) in [5, 5.41) is 8.90. The molecule has 64 heavy (non-hydrogen) atoms. The van der Waals surface area contributed by atoms with Gasteiger partial charge in [0, 0.05) is 80.9 Å². The molecule has 5 aromatic rings. The van der Waals surface area contributed by atoms with Crippen molar-refractivity contribution in [3.63, 3.8) is 0 Å². The number of piperazine rings is 1. The van der Waals surface area contributed by atoms with E-state index in [4.69, 9.17) is 4.98 Å². The van der Waals surface area contributed by atoms with E-state index in [1.54, 1.807) is 18.5 Å². The van der Waals surface area contributed by atoms with Crippen LogP contribution in [0.3, 0.4) is 0 Å². The molecular weight excluding hydrogens is 811 g/mol. The van der Waals surface area contributed by atoms with E-state index in [1.165, 1.54) is 31.4 Å². The second-order valence-corrected chi connectivity index (χ2v) is 18.5. The number of amides is 5. The minimum atomic E-state index is -0.964. The predicted octanol–water partition coefficient (Wildman–Crippen LogP) is 4.60. The van der Waals surface area contributed by atoms with E-state index in [0.717, 1.165) is 85.1 Å². The normalized spacial score (nSPS) is 23.5. The number of carbonyl (C=O) groups excluding carboxylic acids is 5. The molecule has 2 saturated carbocycles. The number of rotatable bonds is 10. The highest BCUT2D eigenvalue weighted by Gasteiger charge is 2.49. The molecule has 4 aliphatic heterocycles. The van der Waals surface area contributed by atoms with Gasteiger partial charge in [0.25, 0.3) is 11.8 Å². The molecule has 6 aliphatic rings. The number of fused-ring (bicyclic) bond motifs is 2. The minimum Gasteiger partial charge on any atom is -0.371 e. The summed E-state index contributed by atoms with van der Waals surface area (Å²) in [5.74, 6) is -1.21. The largest absolute Gasteiger partial charge is 0.371 e. The van der Waals surface area contributed by atoms with Crippen LogP contribution in [0, 0.1) is 5.41 Å². The second kappa shape index (κ2) is 16.1. The van der Waals surface area contributed by atoms with E-state index >= 15 is 0 Å². The van der Waals surface area contributed by atoms with Gasteiger partial charge in [-0.1, -0.05) is 30.3 Å². The molecule has 11 rings (SSSR count). The van der Waals surface area contributed by atoms with Gasteiger partial charge in [0.15, 0.2) is 17.0 Å². The fourth-order valence-corrected chi connectivity index (χ4v) is 10.9. The molecule has 6 heterocycles. The van der Waals surface area contributed by atoms with Gasteiger partial charge in [-0.25, -0.2) is 15.0 Å². The predicted molar refractivity (Wildman–Crippen MR) is 239 cm³/mol. The van der Waals surface area contributed by atoms with Crippen LogP contribution in [0.25, 0.3) is 11.2 Å². The maximum absolute atomic E-state index is 13.4. The molecule has 0 radical (unpaired) electrons. The van der Waals surface area contributed by atoms with E-state index in [2.05, 4.69) is 69.5 Å². The molecule has 5 fully saturated rings. The fourth-order valence-electron chi connectivity index (χ4n) is 10.9. The molecular formula is C48H51N11O5. The zero-order valence-corrected chi connectivity index (χ0v) is 35.6. The standard InChI is InChI=1S/C48H51N11O5/c60-40-13-12-39(45(62)54-40)59-46(63)37-11-10-34(25-38(37)47(59)64)56-18-20-57(21-19-56)36-26-48(27-36)14-16-55(17-15-48)33-8-6-31(7-9-33)53-43-42-44(50-28-49-43)58(29-51-42)35-23-32(24-35)52-41(61)22-30-4-2-1-3-5-30/h1-11,25,28-29,32,35-36,39H,12-24,26-27H2,(H,52,61)(H,49,50,53)(H,54,60,62). The Morgan fingerprint density at radius 2 is 1.48 bits per heavy atom. The van der Waals surface area contributed by atoms with Gasteiger partial charge in [-0.2, -0.15) is 0 Å². The Labute approximate surface area is 370 Å². The lowest BCUT2D eigenvalue weighted by Crippen LogP contribution is -2.59. The molecule has 1 atom stereocenters.